The van der Waals surface area contributed by atoms with E-state index in [1.54, 1.807) is 0 Å². The number of hydrogen-bond donors (Lipinski definition) is 1. The molecule has 0 radical (unpaired) electrons. The van der Waals surface area contributed by atoms with Gasteiger partial charge in [0.15, 0.2) is 0 Å². The van der Waals surface area contributed by atoms with Crippen LogP contribution < -0.4 is 5.32 Å². The highest BCUT2D eigenvalue weighted by molar-refractivity contribution is 5.96. The molecule has 2 nitrogen and oxygen atoms in total. The van der Waals surface area contributed by atoms with E-state index in [2.05, 4.69) is 17.4 Å². The van der Waals surface area contributed by atoms with Crippen molar-refractivity contribution in [2.75, 3.05) is 5.32 Å². The summed E-state index contributed by atoms with van der Waals surface area (Å²) in [6, 6.07) is 8.19. The minimum Gasteiger partial charge on any atom is -0.326 e. The first-order chi connectivity index (χ1) is 6.86. The van der Waals surface area contributed by atoms with Gasteiger partial charge < -0.3 is 5.32 Å². The molecule has 1 heterocycles. The van der Waals surface area contributed by atoms with E-state index in [4.69, 9.17) is 0 Å². The Morgan fingerprint density at radius 1 is 1.14 bits per heavy atom. The number of fused-ring (bicyclic) bond motifs is 3. The van der Waals surface area contributed by atoms with Crippen LogP contribution in [-0.4, -0.2) is 5.91 Å². The summed E-state index contributed by atoms with van der Waals surface area (Å²) in [5.41, 5.74) is 2.37. The van der Waals surface area contributed by atoms with Crippen molar-refractivity contribution in [3.63, 3.8) is 0 Å². The molecule has 2 atom stereocenters. The average Bonchev–Trinajstić information content (AvgIpc) is 2.67. The van der Waals surface area contributed by atoms with Crippen LogP contribution in [0.25, 0.3) is 0 Å². The number of carbonyl (C=O) groups is 1. The molecule has 1 saturated carbocycles. The molecule has 1 aliphatic carbocycles. The van der Waals surface area contributed by atoms with Crippen LogP contribution in [0.2, 0.25) is 0 Å². The molecule has 72 valence electrons. The molecular weight excluding hydrogens is 174 g/mol. The molecule has 1 aliphatic heterocycles. The number of benzene rings is 1. The van der Waals surface area contributed by atoms with Crippen molar-refractivity contribution in [3.8, 4) is 0 Å². The molecule has 2 heteroatoms. The van der Waals surface area contributed by atoms with Gasteiger partial charge in [-0.15, -0.1) is 0 Å². The average molecular weight is 187 g/mol. The molecule has 0 bridgehead atoms. The van der Waals surface area contributed by atoms with E-state index >= 15 is 0 Å². The molecular formula is C12H13NO. The van der Waals surface area contributed by atoms with Crippen LogP contribution in [0.3, 0.4) is 0 Å². The molecule has 0 saturated heterocycles. The number of rotatable bonds is 0. The van der Waals surface area contributed by atoms with Crippen molar-refractivity contribution in [3.05, 3.63) is 29.8 Å². The molecule has 14 heavy (non-hydrogen) atoms. The van der Waals surface area contributed by atoms with Gasteiger partial charge in [0.05, 0.1) is 0 Å². The molecule has 1 N–H and O–H groups in total. The molecule has 0 aromatic heterocycles. The summed E-state index contributed by atoms with van der Waals surface area (Å²) in [6.45, 7) is 0. The SMILES string of the molecule is O=C1Nc2ccccc2[C@@H]2CCC[C@H]12. The lowest BCUT2D eigenvalue weighted by atomic mass is 9.84. The number of hydrogen-bond acceptors (Lipinski definition) is 1. The first kappa shape index (κ1) is 8.04. The predicted molar refractivity (Wildman–Crippen MR) is 55.2 cm³/mol. The van der Waals surface area contributed by atoms with E-state index in [1.165, 1.54) is 18.4 Å². The second-order valence-electron chi connectivity index (χ2n) is 4.22. The van der Waals surface area contributed by atoms with Crippen LogP contribution in [-0.2, 0) is 4.79 Å². The Balaban J connectivity index is 2.11. The Kier molecular flexibility index (Phi) is 1.63. The zero-order chi connectivity index (χ0) is 9.54. The molecule has 1 amide bonds. The van der Waals surface area contributed by atoms with E-state index in [0.717, 1.165) is 12.1 Å². The monoisotopic (exact) mass is 187 g/mol. The Labute approximate surface area is 83.3 Å². The van der Waals surface area contributed by atoms with Gasteiger partial charge in [-0.3, -0.25) is 4.79 Å². The molecule has 0 spiro atoms. The highest BCUT2D eigenvalue weighted by Gasteiger charge is 2.38. The smallest absolute Gasteiger partial charge is 0.228 e. The first-order valence-corrected chi connectivity index (χ1v) is 5.26. The number of nitrogens with one attached hydrogen (secondary N) is 1. The van der Waals surface area contributed by atoms with Crippen molar-refractivity contribution < 1.29 is 4.79 Å². The normalized spacial score (nSPS) is 29.3. The van der Waals surface area contributed by atoms with Crippen molar-refractivity contribution in [2.24, 2.45) is 5.92 Å². The molecule has 3 rings (SSSR count). The molecule has 1 aromatic carbocycles. The lowest BCUT2D eigenvalue weighted by molar-refractivity contribution is -0.120. The fraction of sp³-hybridized carbons (Fsp3) is 0.417. The van der Waals surface area contributed by atoms with E-state index in [-0.39, 0.29) is 11.8 Å². The van der Waals surface area contributed by atoms with Gasteiger partial charge in [-0.05, 0) is 30.4 Å². The van der Waals surface area contributed by atoms with Gasteiger partial charge in [-0.25, -0.2) is 0 Å². The minimum atomic E-state index is 0.228. The van der Waals surface area contributed by atoms with Gasteiger partial charge in [0.1, 0.15) is 0 Å². The highest BCUT2D eigenvalue weighted by atomic mass is 16.2. The first-order valence-electron chi connectivity index (χ1n) is 5.26. The number of para-hydroxylation sites is 1. The van der Waals surface area contributed by atoms with Crippen LogP contribution in [0.1, 0.15) is 30.7 Å². The maximum atomic E-state index is 11.7. The van der Waals surface area contributed by atoms with Crippen LogP contribution in [0.4, 0.5) is 5.69 Å². The molecule has 2 aliphatic rings. The lowest BCUT2D eigenvalue weighted by Crippen LogP contribution is -2.30. The fourth-order valence-electron chi connectivity index (χ4n) is 2.81. The second kappa shape index (κ2) is 2.84. The summed E-state index contributed by atoms with van der Waals surface area (Å²) in [6.07, 6.45) is 3.43. The van der Waals surface area contributed by atoms with Crippen LogP contribution in [0, 0.1) is 5.92 Å². The third-order valence-corrected chi connectivity index (χ3v) is 3.47. The zero-order valence-corrected chi connectivity index (χ0v) is 7.99. The fourth-order valence-corrected chi connectivity index (χ4v) is 2.81. The summed E-state index contributed by atoms with van der Waals surface area (Å²) >= 11 is 0. The van der Waals surface area contributed by atoms with Gasteiger partial charge in [0.25, 0.3) is 0 Å². The molecule has 0 unspecified atom stereocenters. The Hall–Kier alpha value is -1.31. The summed E-state index contributed by atoms with van der Waals surface area (Å²) < 4.78 is 0. The van der Waals surface area contributed by atoms with Gasteiger partial charge in [0, 0.05) is 11.6 Å². The quantitative estimate of drug-likeness (QED) is 0.664. The number of amides is 1. The Bertz CT molecular complexity index is 386. The van der Waals surface area contributed by atoms with Gasteiger partial charge in [-0.1, -0.05) is 24.6 Å². The summed E-state index contributed by atoms with van der Waals surface area (Å²) in [5.74, 6) is 0.955. The Morgan fingerprint density at radius 2 is 1.93 bits per heavy atom. The van der Waals surface area contributed by atoms with Gasteiger partial charge in [-0.2, -0.15) is 0 Å². The van der Waals surface area contributed by atoms with Gasteiger partial charge >= 0.3 is 0 Å². The van der Waals surface area contributed by atoms with Crippen molar-refractivity contribution in [1.82, 2.24) is 0 Å². The summed E-state index contributed by atoms with van der Waals surface area (Å²) in [7, 11) is 0. The summed E-state index contributed by atoms with van der Waals surface area (Å²) in [4.78, 5) is 11.7. The van der Waals surface area contributed by atoms with Crippen LogP contribution in [0.15, 0.2) is 24.3 Å². The topological polar surface area (TPSA) is 29.1 Å². The predicted octanol–water partition coefficient (Wildman–Crippen LogP) is 2.52. The minimum absolute atomic E-state index is 0.228. The van der Waals surface area contributed by atoms with Crippen molar-refractivity contribution >= 4 is 11.6 Å². The highest BCUT2D eigenvalue weighted by Crippen LogP contribution is 2.45. The molecule has 1 fully saturated rings. The zero-order valence-electron chi connectivity index (χ0n) is 7.99. The largest absolute Gasteiger partial charge is 0.326 e. The van der Waals surface area contributed by atoms with E-state index in [1.807, 2.05) is 12.1 Å². The van der Waals surface area contributed by atoms with Crippen molar-refractivity contribution in [2.45, 2.75) is 25.2 Å². The van der Waals surface area contributed by atoms with E-state index < -0.39 is 0 Å². The van der Waals surface area contributed by atoms with E-state index in [9.17, 15) is 4.79 Å². The number of anilines is 1. The van der Waals surface area contributed by atoms with Gasteiger partial charge in [0.2, 0.25) is 5.91 Å². The lowest BCUT2D eigenvalue weighted by Gasteiger charge is -2.27. The molecule has 1 aromatic rings. The second-order valence-corrected chi connectivity index (χ2v) is 4.22. The maximum absolute atomic E-state index is 11.7. The van der Waals surface area contributed by atoms with Crippen molar-refractivity contribution in [1.29, 1.82) is 0 Å². The Morgan fingerprint density at radius 3 is 2.86 bits per heavy atom. The van der Waals surface area contributed by atoms with Crippen LogP contribution >= 0.6 is 0 Å². The maximum Gasteiger partial charge on any atom is 0.228 e. The number of carbonyl (C=O) groups excluding carboxylic acids is 1. The van der Waals surface area contributed by atoms with Crippen LogP contribution in [0.5, 0.6) is 0 Å². The third kappa shape index (κ3) is 0.999. The van der Waals surface area contributed by atoms with E-state index in [0.29, 0.717) is 5.92 Å². The summed E-state index contributed by atoms with van der Waals surface area (Å²) in [5, 5.41) is 2.99. The third-order valence-electron chi connectivity index (χ3n) is 3.47. The standard InChI is InChI=1S/C12H13NO/c14-12-10-6-3-5-8(10)9-4-1-2-7-11(9)13-12/h1-2,4,7-8,10H,3,5-6H2,(H,13,14)/t8-,10-/m0/s1.